The van der Waals surface area contributed by atoms with Crippen molar-refractivity contribution >= 4 is 43.1 Å². The summed E-state index contributed by atoms with van der Waals surface area (Å²) in [4.78, 5) is 0. The topological polar surface area (TPSA) is 0 Å². The van der Waals surface area contributed by atoms with E-state index in [0.29, 0.717) is 0 Å². The molecule has 0 radical (unpaired) electrons. The summed E-state index contributed by atoms with van der Waals surface area (Å²) in [5.74, 6) is 0. The Morgan fingerprint density at radius 2 is 0.868 bits per heavy atom. The van der Waals surface area contributed by atoms with E-state index < -0.39 is 5.41 Å². The van der Waals surface area contributed by atoms with Gasteiger partial charge in [0.05, 0.1) is 5.41 Å². The monoisotopic (exact) mass is 668 g/mol. The first-order valence-corrected chi connectivity index (χ1v) is 18.6. The Bertz CT molecular complexity index is 3160. The summed E-state index contributed by atoms with van der Waals surface area (Å²) in [6.07, 6.45) is 0. The Hall–Kier alpha value is -6.76. The van der Waals surface area contributed by atoms with Crippen molar-refractivity contribution in [2.75, 3.05) is 0 Å². The molecule has 0 saturated heterocycles. The molecule has 2 aliphatic rings. The van der Waals surface area contributed by atoms with E-state index in [-0.39, 0.29) is 0 Å². The van der Waals surface area contributed by atoms with E-state index in [1.54, 1.807) is 0 Å². The maximum Gasteiger partial charge on any atom is 0.0732 e. The zero-order chi connectivity index (χ0) is 34.7. The molecule has 0 amide bonds. The summed E-state index contributed by atoms with van der Waals surface area (Å²) in [5.41, 5.74) is 15.2. The van der Waals surface area contributed by atoms with E-state index in [9.17, 15) is 0 Å². The van der Waals surface area contributed by atoms with Crippen molar-refractivity contribution in [2.24, 2.45) is 0 Å². The van der Waals surface area contributed by atoms with Gasteiger partial charge in [0.25, 0.3) is 0 Å². The normalized spacial score (nSPS) is 15.2. The van der Waals surface area contributed by atoms with Gasteiger partial charge in [-0.25, -0.2) is 0 Å². The molecule has 1 atom stereocenters. The van der Waals surface area contributed by atoms with Crippen LogP contribution in [0.1, 0.15) is 22.3 Å². The molecule has 1 unspecified atom stereocenters. The molecule has 0 fully saturated rings. The van der Waals surface area contributed by atoms with Gasteiger partial charge in [-0.2, -0.15) is 0 Å². The molecule has 0 N–H and O–H groups in total. The molecule has 1 spiro atoms. The largest absolute Gasteiger partial charge is 0.0732 e. The second-order valence-electron chi connectivity index (χ2n) is 14.7. The van der Waals surface area contributed by atoms with Crippen LogP contribution in [0, 0.1) is 0 Å². The second-order valence-corrected chi connectivity index (χ2v) is 14.7. The maximum atomic E-state index is 2.54. The zero-order valence-electron chi connectivity index (χ0n) is 29.0. The summed E-state index contributed by atoms with van der Waals surface area (Å²) < 4.78 is 0. The van der Waals surface area contributed by atoms with E-state index in [2.05, 4.69) is 194 Å². The molecule has 0 aromatic heterocycles. The first-order chi connectivity index (χ1) is 26.3. The molecule has 244 valence electrons. The van der Waals surface area contributed by atoms with E-state index in [0.717, 1.165) is 0 Å². The first kappa shape index (κ1) is 28.9. The first-order valence-electron chi connectivity index (χ1n) is 18.6. The minimum atomic E-state index is -0.547. The lowest BCUT2D eigenvalue weighted by molar-refractivity contribution is 0.803. The highest BCUT2D eigenvalue weighted by Crippen LogP contribution is 2.66. The van der Waals surface area contributed by atoms with Crippen LogP contribution in [0.25, 0.3) is 87.6 Å². The highest BCUT2D eigenvalue weighted by molar-refractivity contribution is 6.26. The molecule has 0 heterocycles. The average molecular weight is 669 g/mol. The van der Waals surface area contributed by atoms with Gasteiger partial charge >= 0.3 is 0 Å². The minimum Gasteiger partial charge on any atom is -0.0622 e. The van der Waals surface area contributed by atoms with Crippen LogP contribution < -0.4 is 0 Å². The lowest BCUT2D eigenvalue weighted by Gasteiger charge is -2.33. The van der Waals surface area contributed by atoms with E-state index in [1.807, 2.05) is 0 Å². The summed E-state index contributed by atoms with van der Waals surface area (Å²) in [6.45, 7) is 0. The third-order valence-corrected chi connectivity index (χ3v) is 12.2. The quantitative estimate of drug-likeness (QED) is 0.161. The van der Waals surface area contributed by atoms with Crippen LogP contribution in [-0.4, -0.2) is 0 Å². The molecule has 0 saturated carbocycles. The van der Waals surface area contributed by atoms with Gasteiger partial charge in [-0.05, 0) is 122 Å². The molecule has 12 rings (SSSR count). The third-order valence-electron chi connectivity index (χ3n) is 12.2. The molecule has 2 aliphatic carbocycles. The standard InChI is InChI=1S/C53H32/c1-2-13-33(14-3-1)36-26-28-42-43-29-27-37(39-23-12-17-34-15-4-6-18-38(34)39)32-49(43)53(48(42)31-36)47-24-11-10-22-46(47)51-44-21-9-8-20-41(44)45-30-25-35-16-5-7-19-40(35)50(45)52(51)53/h1-32H. The van der Waals surface area contributed by atoms with Crippen molar-refractivity contribution in [3.05, 3.63) is 216 Å². The van der Waals surface area contributed by atoms with Crippen molar-refractivity contribution in [1.82, 2.24) is 0 Å². The smallest absolute Gasteiger partial charge is 0.0622 e. The highest BCUT2D eigenvalue weighted by atomic mass is 14.5. The minimum absolute atomic E-state index is 0.547. The van der Waals surface area contributed by atoms with Crippen LogP contribution in [-0.2, 0) is 5.41 Å². The van der Waals surface area contributed by atoms with Gasteiger partial charge in [0.15, 0.2) is 0 Å². The van der Waals surface area contributed by atoms with Crippen LogP contribution in [0.5, 0.6) is 0 Å². The van der Waals surface area contributed by atoms with E-state index in [4.69, 9.17) is 0 Å². The molecule has 0 aliphatic heterocycles. The molecular formula is C53H32. The van der Waals surface area contributed by atoms with Gasteiger partial charge in [0, 0.05) is 0 Å². The van der Waals surface area contributed by atoms with Gasteiger partial charge in [0.1, 0.15) is 0 Å². The lowest BCUT2D eigenvalue weighted by Crippen LogP contribution is -2.26. The Morgan fingerprint density at radius 1 is 0.283 bits per heavy atom. The van der Waals surface area contributed by atoms with Crippen LogP contribution in [0.2, 0.25) is 0 Å². The third kappa shape index (κ3) is 3.75. The Kier molecular flexibility index (Phi) is 5.80. The highest BCUT2D eigenvalue weighted by Gasteiger charge is 2.53. The Labute approximate surface area is 308 Å². The van der Waals surface area contributed by atoms with Gasteiger partial charge in [-0.15, -0.1) is 0 Å². The van der Waals surface area contributed by atoms with Crippen molar-refractivity contribution < 1.29 is 0 Å². The fourth-order valence-corrected chi connectivity index (χ4v) is 10.1. The van der Waals surface area contributed by atoms with Crippen LogP contribution in [0.3, 0.4) is 0 Å². The summed E-state index contributed by atoms with van der Waals surface area (Å²) >= 11 is 0. The van der Waals surface area contributed by atoms with Crippen molar-refractivity contribution in [2.45, 2.75) is 5.41 Å². The van der Waals surface area contributed by atoms with Gasteiger partial charge in [-0.3, -0.25) is 0 Å². The predicted molar refractivity (Wildman–Crippen MR) is 224 cm³/mol. The summed E-state index contributed by atoms with van der Waals surface area (Å²) in [6, 6.07) is 72.9. The maximum absolute atomic E-state index is 2.54. The summed E-state index contributed by atoms with van der Waals surface area (Å²) in [5, 5.41) is 10.4. The molecule has 10 aromatic rings. The van der Waals surface area contributed by atoms with Gasteiger partial charge < -0.3 is 0 Å². The van der Waals surface area contributed by atoms with Crippen molar-refractivity contribution in [3.63, 3.8) is 0 Å². The van der Waals surface area contributed by atoms with Crippen molar-refractivity contribution in [1.29, 1.82) is 0 Å². The fourth-order valence-electron chi connectivity index (χ4n) is 10.1. The van der Waals surface area contributed by atoms with Crippen LogP contribution >= 0.6 is 0 Å². The number of hydrogen-bond acceptors (Lipinski definition) is 0. The fraction of sp³-hybridized carbons (Fsp3) is 0.0189. The SMILES string of the molecule is c1ccc(-c2ccc3c(c2)C2(c4cc(-c5cccc6ccccc56)ccc4-3)c3ccccc3-c3c2c2c4ccccc4ccc2c2ccccc32)cc1. The predicted octanol–water partition coefficient (Wildman–Crippen LogP) is 14.0. The van der Waals surface area contributed by atoms with Gasteiger partial charge in [-0.1, -0.05) is 182 Å². The molecule has 53 heavy (non-hydrogen) atoms. The number of rotatable bonds is 2. The van der Waals surface area contributed by atoms with Crippen LogP contribution in [0.15, 0.2) is 194 Å². The second kappa shape index (κ2) is 10.6. The number of hydrogen-bond donors (Lipinski definition) is 0. The molecule has 0 bridgehead atoms. The number of benzene rings is 10. The van der Waals surface area contributed by atoms with Gasteiger partial charge in [0.2, 0.25) is 0 Å². The molecular weight excluding hydrogens is 637 g/mol. The molecule has 0 nitrogen and oxygen atoms in total. The van der Waals surface area contributed by atoms with Crippen LogP contribution in [0.4, 0.5) is 0 Å². The Morgan fingerprint density at radius 3 is 1.68 bits per heavy atom. The molecule has 0 heteroatoms. The zero-order valence-corrected chi connectivity index (χ0v) is 29.0. The summed E-state index contributed by atoms with van der Waals surface area (Å²) in [7, 11) is 0. The number of fused-ring (bicyclic) bond motifs is 18. The van der Waals surface area contributed by atoms with E-state index >= 15 is 0 Å². The average Bonchev–Trinajstić information content (AvgIpc) is 3.70. The Balaban J connectivity index is 1.31. The van der Waals surface area contributed by atoms with Crippen molar-refractivity contribution in [3.8, 4) is 44.5 Å². The lowest BCUT2D eigenvalue weighted by atomic mass is 9.68. The van der Waals surface area contributed by atoms with E-state index in [1.165, 1.54) is 110 Å². The molecule has 10 aromatic carbocycles.